The molecule has 19 heavy (non-hydrogen) atoms. The lowest BCUT2D eigenvalue weighted by atomic mass is 10.0. The highest BCUT2D eigenvalue weighted by Crippen LogP contribution is 2.40. The smallest absolute Gasteiger partial charge is 0.160 e. The van der Waals surface area contributed by atoms with Gasteiger partial charge in [0.05, 0.1) is 0 Å². The van der Waals surface area contributed by atoms with Crippen LogP contribution in [-0.2, 0) is 0 Å². The molecule has 0 saturated heterocycles. The largest absolute Gasteiger partial charge is 0.446 e. The van der Waals surface area contributed by atoms with Crippen LogP contribution in [0.4, 0.5) is 13.2 Å². The summed E-state index contributed by atoms with van der Waals surface area (Å²) in [4.78, 5) is 0.246. The van der Waals surface area contributed by atoms with Gasteiger partial charge >= 0.3 is 5.51 Å². The fourth-order valence-electron chi connectivity index (χ4n) is 2.15. The summed E-state index contributed by atoms with van der Waals surface area (Å²) in [5.41, 5.74) is -4.26. The maximum atomic E-state index is 12.5. The highest BCUT2D eigenvalue weighted by molar-refractivity contribution is 8.00. The summed E-state index contributed by atoms with van der Waals surface area (Å²) in [7, 11) is 0. The highest BCUT2D eigenvalue weighted by Gasteiger charge is 2.29. The Morgan fingerprint density at radius 3 is 2.05 bits per heavy atom. The van der Waals surface area contributed by atoms with E-state index < -0.39 is 5.51 Å². The summed E-state index contributed by atoms with van der Waals surface area (Å²) in [5.74, 6) is 0. The standard InChI is InChI=1S/C15H9F3S/c16-15(17,18)19-14-7-3-6-12-8-10-4-1-2-5-11(10)9-13(12)14/h1-9H. The van der Waals surface area contributed by atoms with Gasteiger partial charge in [-0.05, 0) is 51.5 Å². The van der Waals surface area contributed by atoms with E-state index in [0.717, 1.165) is 16.2 Å². The average Bonchev–Trinajstić information content (AvgIpc) is 2.35. The van der Waals surface area contributed by atoms with Crippen LogP contribution in [0.1, 0.15) is 0 Å². The van der Waals surface area contributed by atoms with Gasteiger partial charge in [-0.15, -0.1) is 0 Å². The second-order valence-corrected chi connectivity index (χ2v) is 5.33. The molecule has 0 unspecified atom stereocenters. The molecule has 0 aliphatic heterocycles. The van der Waals surface area contributed by atoms with Crippen LogP contribution in [0.3, 0.4) is 0 Å². The molecule has 3 aromatic carbocycles. The molecule has 96 valence electrons. The molecular weight excluding hydrogens is 269 g/mol. The molecule has 0 heterocycles. The van der Waals surface area contributed by atoms with E-state index in [1.165, 1.54) is 6.07 Å². The summed E-state index contributed by atoms with van der Waals surface area (Å²) in [5, 5.41) is 3.45. The monoisotopic (exact) mass is 278 g/mol. The first-order valence-corrected chi connectivity index (χ1v) is 6.52. The summed E-state index contributed by atoms with van der Waals surface area (Å²) >= 11 is -0.0612. The fraction of sp³-hybridized carbons (Fsp3) is 0.0667. The molecule has 0 amide bonds. The molecule has 4 heteroatoms. The Bertz CT molecular complexity index is 747. The molecule has 0 nitrogen and oxygen atoms in total. The predicted octanol–water partition coefficient (Wildman–Crippen LogP) is 5.60. The van der Waals surface area contributed by atoms with Gasteiger partial charge in [-0.2, -0.15) is 13.2 Å². The minimum Gasteiger partial charge on any atom is -0.160 e. The van der Waals surface area contributed by atoms with Gasteiger partial charge in [-0.3, -0.25) is 0 Å². The Balaban J connectivity index is 2.26. The topological polar surface area (TPSA) is 0 Å². The van der Waals surface area contributed by atoms with Crippen molar-refractivity contribution >= 4 is 33.3 Å². The van der Waals surface area contributed by atoms with Gasteiger partial charge < -0.3 is 0 Å². The minimum absolute atomic E-state index is 0.0612. The average molecular weight is 278 g/mol. The molecule has 0 spiro atoms. The van der Waals surface area contributed by atoms with Gasteiger partial charge in [-0.1, -0.05) is 36.4 Å². The maximum Gasteiger partial charge on any atom is 0.446 e. The second kappa shape index (κ2) is 4.46. The fourth-order valence-corrected chi connectivity index (χ4v) is 2.83. The van der Waals surface area contributed by atoms with Crippen molar-refractivity contribution in [2.45, 2.75) is 10.4 Å². The van der Waals surface area contributed by atoms with Crippen molar-refractivity contribution in [1.82, 2.24) is 0 Å². The molecule has 0 radical (unpaired) electrons. The number of rotatable bonds is 1. The summed E-state index contributed by atoms with van der Waals surface area (Å²) in [6, 6.07) is 16.4. The third-order valence-electron chi connectivity index (χ3n) is 2.93. The second-order valence-electron chi connectivity index (χ2n) is 4.22. The number of fused-ring (bicyclic) bond motifs is 2. The van der Waals surface area contributed by atoms with Crippen LogP contribution < -0.4 is 0 Å². The molecule has 3 rings (SSSR count). The van der Waals surface area contributed by atoms with Gasteiger partial charge in [0, 0.05) is 4.90 Å². The van der Waals surface area contributed by atoms with Gasteiger partial charge in [0.25, 0.3) is 0 Å². The Morgan fingerprint density at radius 2 is 1.37 bits per heavy atom. The van der Waals surface area contributed by atoms with Crippen molar-refractivity contribution in [2.75, 3.05) is 0 Å². The van der Waals surface area contributed by atoms with Crippen LogP contribution in [0, 0.1) is 0 Å². The first kappa shape index (κ1) is 12.4. The minimum atomic E-state index is -4.26. The number of thioether (sulfide) groups is 1. The number of alkyl halides is 3. The molecule has 0 saturated carbocycles. The van der Waals surface area contributed by atoms with Crippen molar-refractivity contribution in [3.63, 3.8) is 0 Å². The van der Waals surface area contributed by atoms with Crippen molar-refractivity contribution in [2.24, 2.45) is 0 Å². The summed E-state index contributed by atoms with van der Waals surface area (Å²) in [6.07, 6.45) is 0. The van der Waals surface area contributed by atoms with Crippen LogP contribution in [0.15, 0.2) is 59.5 Å². The molecule has 0 atom stereocenters. The van der Waals surface area contributed by atoms with Crippen LogP contribution in [-0.4, -0.2) is 5.51 Å². The Hall–Kier alpha value is -1.68. The molecule has 0 aliphatic carbocycles. The van der Waals surface area contributed by atoms with E-state index in [1.807, 2.05) is 42.5 Å². The van der Waals surface area contributed by atoms with Crippen LogP contribution >= 0.6 is 11.8 Å². The SMILES string of the molecule is FC(F)(F)Sc1cccc2cc3ccccc3cc12. The highest BCUT2D eigenvalue weighted by atomic mass is 32.2. The lowest BCUT2D eigenvalue weighted by molar-refractivity contribution is -0.0327. The zero-order chi connectivity index (χ0) is 13.5. The van der Waals surface area contributed by atoms with Crippen LogP contribution in [0.25, 0.3) is 21.5 Å². The van der Waals surface area contributed by atoms with Crippen LogP contribution in [0.2, 0.25) is 0 Å². The lowest BCUT2D eigenvalue weighted by Crippen LogP contribution is -1.99. The molecule has 0 N–H and O–H groups in total. The number of benzene rings is 3. The normalized spacial score (nSPS) is 12.2. The van der Waals surface area contributed by atoms with E-state index in [4.69, 9.17) is 0 Å². The van der Waals surface area contributed by atoms with E-state index >= 15 is 0 Å². The third kappa shape index (κ3) is 2.54. The van der Waals surface area contributed by atoms with Crippen molar-refractivity contribution in [3.05, 3.63) is 54.6 Å². The van der Waals surface area contributed by atoms with Crippen molar-refractivity contribution in [1.29, 1.82) is 0 Å². The zero-order valence-corrected chi connectivity index (χ0v) is 10.6. The van der Waals surface area contributed by atoms with Gasteiger partial charge in [0.1, 0.15) is 0 Å². The molecule has 0 aromatic heterocycles. The van der Waals surface area contributed by atoms with E-state index in [9.17, 15) is 13.2 Å². The van der Waals surface area contributed by atoms with Gasteiger partial charge in [0.2, 0.25) is 0 Å². The molecule has 0 fully saturated rings. The van der Waals surface area contributed by atoms with E-state index in [-0.39, 0.29) is 16.7 Å². The first-order chi connectivity index (χ1) is 9.03. The van der Waals surface area contributed by atoms with Crippen LogP contribution in [0.5, 0.6) is 0 Å². The number of hydrogen-bond donors (Lipinski definition) is 0. The molecule has 3 aromatic rings. The quantitative estimate of drug-likeness (QED) is 0.412. The molecule has 0 aliphatic rings. The third-order valence-corrected chi connectivity index (χ3v) is 3.74. The summed E-state index contributed by atoms with van der Waals surface area (Å²) < 4.78 is 37.6. The summed E-state index contributed by atoms with van der Waals surface area (Å²) in [6.45, 7) is 0. The zero-order valence-electron chi connectivity index (χ0n) is 9.74. The van der Waals surface area contributed by atoms with E-state index in [2.05, 4.69) is 0 Å². The Morgan fingerprint density at radius 1 is 0.737 bits per heavy atom. The van der Waals surface area contributed by atoms with Crippen molar-refractivity contribution in [3.8, 4) is 0 Å². The van der Waals surface area contributed by atoms with E-state index in [0.29, 0.717) is 5.39 Å². The molecule has 0 bridgehead atoms. The number of hydrogen-bond acceptors (Lipinski definition) is 1. The predicted molar refractivity (Wildman–Crippen MR) is 73.4 cm³/mol. The maximum absolute atomic E-state index is 12.5. The number of halogens is 3. The first-order valence-electron chi connectivity index (χ1n) is 5.70. The van der Waals surface area contributed by atoms with E-state index in [1.54, 1.807) is 6.07 Å². The van der Waals surface area contributed by atoms with Gasteiger partial charge in [0.15, 0.2) is 0 Å². The Labute approximate surface area is 112 Å². The Kier molecular flexibility index (Phi) is 2.90. The lowest BCUT2D eigenvalue weighted by Gasteiger charge is -2.09. The van der Waals surface area contributed by atoms with Crippen molar-refractivity contribution < 1.29 is 13.2 Å². The molecular formula is C15H9F3S. The van der Waals surface area contributed by atoms with Gasteiger partial charge in [-0.25, -0.2) is 0 Å².